The van der Waals surface area contributed by atoms with Crippen molar-refractivity contribution in [3.8, 4) is 0 Å². The molecule has 0 fully saturated rings. The molecular formula is C18H17N5O5S. The molecule has 1 amide bonds. The summed E-state index contributed by atoms with van der Waals surface area (Å²) in [6, 6.07) is 12.7. The van der Waals surface area contributed by atoms with Crippen molar-refractivity contribution < 1.29 is 18.1 Å². The molecule has 0 spiro atoms. The minimum Gasteiger partial charge on any atom is -0.348 e. The molecule has 0 atom stereocenters. The number of primary sulfonamides is 1. The molecule has 0 aliphatic rings. The number of hydrogen-bond donors (Lipinski definition) is 2. The van der Waals surface area contributed by atoms with E-state index in [1.54, 1.807) is 36.4 Å². The molecule has 1 aromatic heterocycles. The van der Waals surface area contributed by atoms with Crippen LogP contribution in [-0.2, 0) is 23.1 Å². The van der Waals surface area contributed by atoms with E-state index in [-0.39, 0.29) is 23.0 Å². The van der Waals surface area contributed by atoms with E-state index in [4.69, 9.17) is 5.14 Å². The monoisotopic (exact) mass is 415 g/mol. The zero-order valence-electron chi connectivity index (χ0n) is 15.1. The molecular weight excluding hydrogens is 398 g/mol. The van der Waals surface area contributed by atoms with Crippen LogP contribution in [0.5, 0.6) is 0 Å². The Balaban J connectivity index is 1.57. The molecule has 3 N–H and O–H groups in total. The Morgan fingerprint density at radius 2 is 1.72 bits per heavy atom. The molecule has 11 heteroatoms. The number of carbonyl (C=O) groups excluding carboxylic acids is 1. The van der Waals surface area contributed by atoms with Crippen molar-refractivity contribution in [1.29, 1.82) is 0 Å². The third kappa shape index (κ3) is 5.24. The van der Waals surface area contributed by atoms with Gasteiger partial charge >= 0.3 is 5.69 Å². The van der Waals surface area contributed by atoms with Gasteiger partial charge in [-0.1, -0.05) is 24.3 Å². The van der Waals surface area contributed by atoms with Crippen LogP contribution in [-0.4, -0.2) is 29.0 Å². The van der Waals surface area contributed by atoms with Gasteiger partial charge in [0.25, 0.3) is 5.91 Å². The number of nitrogens with two attached hydrogens (primary N) is 1. The molecule has 0 aliphatic heterocycles. The molecule has 2 aromatic carbocycles. The van der Waals surface area contributed by atoms with Crippen molar-refractivity contribution in [2.45, 2.75) is 18.0 Å². The summed E-state index contributed by atoms with van der Waals surface area (Å²) in [6.07, 6.45) is 2.51. The highest BCUT2D eigenvalue weighted by atomic mass is 32.2. The van der Waals surface area contributed by atoms with Gasteiger partial charge in [0.15, 0.2) is 0 Å². The molecule has 0 saturated carbocycles. The number of nitrogens with zero attached hydrogens (tertiary/aromatic N) is 3. The summed E-state index contributed by atoms with van der Waals surface area (Å²) in [5.41, 5.74) is 1.92. The SMILES string of the molecule is NS(=O)(=O)c1ccc(CNC(=O)c2ccc(Cn3cc([N+](=O)[O-])cn3)cc2)cc1. The van der Waals surface area contributed by atoms with Crippen LogP contribution in [0.4, 0.5) is 5.69 Å². The Morgan fingerprint density at radius 1 is 1.10 bits per heavy atom. The first-order valence-corrected chi connectivity index (χ1v) is 9.93. The Bertz CT molecular complexity index is 1140. The van der Waals surface area contributed by atoms with Crippen molar-refractivity contribution in [1.82, 2.24) is 15.1 Å². The van der Waals surface area contributed by atoms with Crippen LogP contribution in [0.3, 0.4) is 0 Å². The fourth-order valence-corrected chi connectivity index (χ4v) is 3.08. The van der Waals surface area contributed by atoms with Crippen molar-refractivity contribution in [2.75, 3.05) is 0 Å². The summed E-state index contributed by atoms with van der Waals surface area (Å²) in [4.78, 5) is 22.4. The molecule has 10 nitrogen and oxygen atoms in total. The smallest absolute Gasteiger partial charge is 0.307 e. The number of hydrogen-bond acceptors (Lipinski definition) is 6. The zero-order chi connectivity index (χ0) is 21.0. The number of rotatable bonds is 7. The Labute approximate surface area is 166 Å². The summed E-state index contributed by atoms with van der Waals surface area (Å²) in [5.74, 6) is -0.290. The molecule has 0 saturated heterocycles. The van der Waals surface area contributed by atoms with E-state index in [9.17, 15) is 23.3 Å². The van der Waals surface area contributed by atoms with Crippen LogP contribution in [0, 0.1) is 10.1 Å². The van der Waals surface area contributed by atoms with Gasteiger partial charge in [-0.15, -0.1) is 0 Å². The fraction of sp³-hybridized carbons (Fsp3) is 0.111. The van der Waals surface area contributed by atoms with E-state index in [0.717, 1.165) is 11.1 Å². The fourth-order valence-electron chi connectivity index (χ4n) is 2.56. The first-order valence-electron chi connectivity index (χ1n) is 8.38. The molecule has 0 bridgehead atoms. The van der Waals surface area contributed by atoms with Gasteiger partial charge in [0.1, 0.15) is 12.4 Å². The lowest BCUT2D eigenvalue weighted by Crippen LogP contribution is -2.22. The number of benzene rings is 2. The highest BCUT2D eigenvalue weighted by Crippen LogP contribution is 2.12. The third-order valence-electron chi connectivity index (χ3n) is 4.10. The summed E-state index contributed by atoms with van der Waals surface area (Å²) in [6.45, 7) is 0.564. The van der Waals surface area contributed by atoms with E-state index in [2.05, 4.69) is 10.4 Å². The molecule has 0 radical (unpaired) electrons. The molecule has 150 valence electrons. The largest absolute Gasteiger partial charge is 0.348 e. The van der Waals surface area contributed by atoms with E-state index < -0.39 is 14.9 Å². The van der Waals surface area contributed by atoms with Crippen molar-refractivity contribution in [2.24, 2.45) is 5.14 Å². The van der Waals surface area contributed by atoms with Crippen LogP contribution in [0.1, 0.15) is 21.5 Å². The molecule has 3 aromatic rings. The summed E-state index contributed by atoms with van der Waals surface area (Å²) >= 11 is 0. The lowest BCUT2D eigenvalue weighted by Gasteiger charge is -2.07. The van der Waals surface area contributed by atoms with Crippen LogP contribution < -0.4 is 10.5 Å². The van der Waals surface area contributed by atoms with E-state index in [1.165, 1.54) is 29.2 Å². The summed E-state index contributed by atoms with van der Waals surface area (Å²) in [5, 5.41) is 22.4. The number of amides is 1. The second kappa shape index (κ2) is 8.20. The summed E-state index contributed by atoms with van der Waals surface area (Å²) < 4.78 is 23.9. The molecule has 1 heterocycles. The Morgan fingerprint density at radius 3 is 2.28 bits per heavy atom. The second-order valence-electron chi connectivity index (χ2n) is 6.22. The maximum atomic E-state index is 12.3. The average Bonchev–Trinajstić information content (AvgIpc) is 3.15. The van der Waals surface area contributed by atoms with Gasteiger partial charge in [-0.3, -0.25) is 19.6 Å². The highest BCUT2D eigenvalue weighted by molar-refractivity contribution is 7.89. The predicted octanol–water partition coefficient (Wildman–Crippen LogP) is 1.42. The molecule has 0 aliphatic carbocycles. The van der Waals surface area contributed by atoms with Crippen molar-refractivity contribution >= 4 is 21.6 Å². The van der Waals surface area contributed by atoms with Gasteiger partial charge in [-0.25, -0.2) is 13.6 Å². The average molecular weight is 415 g/mol. The summed E-state index contributed by atoms with van der Waals surface area (Å²) in [7, 11) is -3.75. The minimum absolute atomic E-state index is 0.00526. The number of sulfonamides is 1. The lowest BCUT2D eigenvalue weighted by atomic mass is 10.1. The van der Waals surface area contributed by atoms with Gasteiger partial charge in [-0.2, -0.15) is 5.10 Å². The normalized spacial score (nSPS) is 11.2. The van der Waals surface area contributed by atoms with Crippen molar-refractivity contribution in [3.05, 3.63) is 87.7 Å². The highest BCUT2D eigenvalue weighted by Gasteiger charge is 2.10. The number of nitro groups is 1. The van der Waals surface area contributed by atoms with E-state index in [0.29, 0.717) is 12.1 Å². The number of carbonyl (C=O) groups is 1. The minimum atomic E-state index is -3.75. The second-order valence-corrected chi connectivity index (χ2v) is 7.78. The van der Waals surface area contributed by atoms with Gasteiger partial charge < -0.3 is 5.32 Å². The predicted molar refractivity (Wildman–Crippen MR) is 103 cm³/mol. The molecule has 29 heavy (non-hydrogen) atoms. The Kier molecular flexibility index (Phi) is 5.71. The zero-order valence-corrected chi connectivity index (χ0v) is 15.9. The van der Waals surface area contributed by atoms with Crippen LogP contribution in [0.15, 0.2) is 65.8 Å². The van der Waals surface area contributed by atoms with E-state index >= 15 is 0 Å². The van der Waals surface area contributed by atoms with Gasteiger partial charge in [-0.05, 0) is 35.4 Å². The Hall–Kier alpha value is -3.57. The van der Waals surface area contributed by atoms with Gasteiger partial charge in [0, 0.05) is 12.1 Å². The number of aromatic nitrogens is 2. The molecule has 3 rings (SSSR count). The topological polar surface area (TPSA) is 150 Å². The van der Waals surface area contributed by atoms with Crippen molar-refractivity contribution in [3.63, 3.8) is 0 Å². The molecule has 0 unspecified atom stereocenters. The quantitative estimate of drug-likeness (QED) is 0.440. The van der Waals surface area contributed by atoms with Crippen LogP contribution >= 0.6 is 0 Å². The number of nitrogens with one attached hydrogen (secondary N) is 1. The van der Waals surface area contributed by atoms with Crippen LogP contribution in [0.25, 0.3) is 0 Å². The lowest BCUT2D eigenvalue weighted by molar-refractivity contribution is -0.385. The van der Waals surface area contributed by atoms with Gasteiger partial charge in [0.05, 0.1) is 16.4 Å². The maximum absolute atomic E-state index is 12.3. The first-order chi connectivity index (χ1) is 13.7. The third-order valence-corrected chi connectivity index (χ3v) is 5.03. The standard InChI is InChI=1S/C18H17N5O5S/c19-29(27,28)17-7-3-13(4-8-17)9-20-18(24)15-5-1-14(2-6-15)11-22-12-16(10-21-22)23(25)26/h1-8,10,12H,9,11H2,(H,20,24)(H2,19,27,28). The van der Waals surface area contributed by atoms with Gasteiger partial charge in [0.2, 0.25) is 10.0 Å². The van der Waals surface area contributed by atoms with E-state index in [1.807, 2.05) is 0 Å². The van der Waals surface area contributed by atoms with Crippen LogP contribution in [0.2, 0.25) is 0 Å². The first kappa shape index (κ1) is 20.2. The maximum Gasteiger partial charge on any atom is 0.307 e.